The van der Waals surface area contributed by atoms with E-state index in [0.717, 1.165) is 44.2 Å². The van der Waals surface area contributed by atoms with Crippen molar-refractivity contribution in [3.05, 3.63) is 123 Å². The molecule has 0 spiro atoms. The van der Waals surface area contributed by atoms with Crippen LogP contribution in [0.5, 0.6) is 0 Å². The molecule has 3 fully saturated rings. The fourth-order valence-corrected chi connectivity index (χ4v) is 8.28. The molecule has 0 saturated carbocycles. The molecular weight excluding hydrogens is 1040 g/mol. The van der Waals surface area contributed by atoms with E-state index in [1.54, 1.807) is 0 Å². The van der Waals surface area contributed by atoms with Crippen molar-refractivity contribution in [3.8, 4) is 11.1 Å². The van der Waals surface area contributed by atoms with E-state index in [-0.39, 0.29) is 138 Å². The Kier molecular flexibility index (Phi) is 39.0. The van der Waals surface area contributed by atoms with Crippen molar-refractivity contribution in [2.24, 2.45) is 0 Å². The maximum absolute atomic E-state index is 11.4. The van der Waals surface area contributed by atoms with Gasteiger partial charge in [0.1, 0.15) is 0 Å². The van der Waals surface area contributed by atoms with E-state index in [9.17, 15) is 9.59 Å². The molecule has 0 atom stereocenters. The fraction of sp³-hybridized carbons (Fsp3) is 0.536. The Bertz CT molecular complexity index is 1970. The number of hydrogen-bond acceptors (Lipinski definition) is 8. The van der Waals surface area contributed by atoms with Crippen molar-refractivity contribution >= 4 is 71.9 Å². The van der Waals surface area contributed by atoms with Gasteiger partial charge in [0.15, 0.2) is 0 Å². The van der Waals surface area contributed by atoms with Crippen molar-refractivity contribution < 1.29 is 81.2 Å². The number of carbonyl (C=O) groups is 2. The van der Waals surface area contributed by atoms with E-state index in [1.807, 2.05) is 13.8 Å². The minimum atomic E-state index is -0.275. The van der Waals surface area contributed by atoms with Crippen molar-refractivity contribution in [3.63, 3.8) is 0 Å². The number of carbonyl (C=O) groups excluding carboxylic acids is 2. The summed E-state index contributed by atoms with van der Waals surface area (Å²) >= 11 is 2.28. The number of ether oxygens (including phenoxy) is 2. The number of esters is 2. The van der Waals surface area contributed by atoms with Gasteiger partial charge in [-0.2, -0.15) is 0 Å². The molecule has 7 rings (SSSR count). The number of nitrogens with zero attached hydrogens (tertiary/aromatic N) is 2. The van der Waals surface area contributed by atoms with Gasteiger partial charge in [-0.25, -0.2) is 0 Å². The van der Waals surface area contributed by atoms with Gasteiger partial charge in [0.05, 0.1) is 24.4 Å². The summed E-state index contributed by atoms with van der Waals surface area (Å²) in [6.45, 7) is 20.0. The molecule has 3 aliphatic heterocycles. The van der Waals surface area contributed by atoms with Crippen LogP contribution >= 0.6 is 47.4 Å². The van der Waals surface area contributed by atoms with E-state index in [1.165, 1.54) is 88.8 Å². The summed E-state index contributed by atoms with van der Waals surface area (Å²) in [5.74, 6) is -0.193. The quantitative estimate of drug-likeness (QED) is 0.0624. The van der Waals surface area contributed by atoms with Gasteiger partial charge in [-0.1, -0.05) is 109 Å². The predicted molar refractivity (Wildman–Crippen MR) is 304 cm³/mol. The van der Waals surface area contributed by atoms with Gasteiger partial charge in [0, 0.05) is 29.5 Å². The maximum Gasteiger partial charge on any atom is 1.00 e. The van der Waals surface area contributed by atoms with Crippen LogP contribution in [0.15, 0.2) is 97.1 Å². The minimum absolute atomic E-state index is 0. The van der Waals surface area contributed by atoms with Crippen molar-refractivity contribution in [1.82, 2.24) is 9.80 Å². The second-order valence-electron chi connectivity index (χ2n) is 17.6. The first-order valence-corrected chi connectivity index (χ1v) is 24.0. The van der Waals surface area contributed by atoms with E-state index >= 15 is 0 Å². The summed E-state index contributed by atoms with van der Waals surface area (Å²) in [6, 6.07) is 34.6. The third kappa shape index (κ3) is 25.0. The Morgan fingerprint density at radius 2 is 1.00 bits per heavy atom. The molecule has 3 saturated heterocycles. The summed E-state index contributed by atoms with van der Waals surface area (Å²) < 4.78 is 23.3. The van der Waals surface area contributed by atoms with Crippen LogP contribution < -0.4 is 56.8 Å². The van der Waals surface area contributed by atoms with Gasteiger partial charge in [0.2, 0.25) is 0 Å². The SMILES string of the molecule is C.C.C.C.CC1(C)OB(c2cccc(CN3CCCC3)c2)OC1(C)C.CCOC(=O)CCCc1ccc(-c2cccc(CN3CCCC3)c2)cc1.CCOC(=O)CCCc1ccc(I)cc1.Cl.Cl.[2H-].[K+]. The second kappa shape index (κ2) is 37.4. The zero-order chi connectivity index (χ0) is 44.4. The normalized spacial score (nSPS) is 15.1. The van der Waals surface area contributed by atoms with Crippen molar-refractivity contribution in [2.75, 3.05) is 39.4 Å². The molecule has 4 aromatic rings. The topological polar surface area (TPSA) is 77.5 Å². The fourth-order valence-electron chi connectivity index (χ4n) is 7.92. The molecule has 0 aliphatic carbocycles. The Balaban J connectivity index is -0.000000455. The molecule has 8 nitrogen and oxygen atoms in total. The summed E-state index contributed by atoms with van der Waals surface area (Å²) in [5.41, 5.74) is 8.40. The van der Waals surface area contributed by atoms with Crippen LogP contribution in [0, 0.1) is 3.57 Å². The van der Waals surface area contributed by atoms with E-state index < -0.39 is 0 Å². The third-order valence-electron chi connectivity index (χ3n) is 12.1. The first-order chi connectivity index (χ1) is 29.8. The molecule has 0 unspecified atom stereocenters. The Morgan fingerprint density at radius 3 is 1.43 bits per heavy atom. The van der Waals surface area contributed by atoms with Crippen LogP contribution in [0.2, 0.25) is 0 Å². The maximum atomic E-state index is 11.4. The number of halogens is 3. The number of aryl methyl sites for hydroxylation is 2. The van der Waals surface area contributed by atoms with E-state index in [4.69, 9.17) is 18.8 Å². The molecule has 0 aromatic heterocycles. The molecule has 384 valence electrons. The molecular formula is C56H89BCl2IKN2O6. The summed E-state index contributed by atoms with van der Waals surface area (Å²) in [7, 11) is -0.256. The Morgan fingerprint density at radius 1 is 0.594 bits per heavy atom. The summed E-state index contributed by atoms with van der Waals surface area (Å²) in [4.78, 5) is 27.5. The number of likely N-dealkylation sites (tertiary alicyclic amines) is 2. The van der Waals surface area contributed by atoms with Gasteiger partial charge >= 0.3 is 70.4 Å². The molecule has 0 amide bonds. The van der Waals surface area contributed by atoms with Crippen LogP contribution in [0.3, 0.4) is 0 Å². The van der Waals surface area contributed by atoms with Crippen LogP contribution in [-0.4, -0.2) is 79.5 Å². The second-order valence-corrected chi connectivity index (χ2v) is 18.9. The third-order valence-corrected chi connectivity index (χ3v) is 12.8. The first-order valence-electron chi connectivity index (χ1n) is 23.0. The van der Waals surface area contributed by atoms with Gasteiger partial charge < -0.3 is 20.2 Å². The average Bonchev–Trinajstić information content (AvgIpc) is 4.01. The molecule has 0 N–H and O–H groups in total. The van der Waals surface area contributed by atoms with Crippen LogP contribution in [0.1, 0.15) is 146 Å². The number of benzene rings is 4. The molecule has 4 aromatic carbocycles. The standard InChI is InChI=1S/C23H29NO2.C17H26BNO2.C12H15IO2.4CH4.2ClH.K.H/c1-2-26-23(25)10-6-7-19-11-13-21(14-12-19)22-9-5-8-20(17-22)18-24-15-3-4-16-24;1-16(2)17(3,4)21-18(20-16)15-9-7-8-14(12-15)13-19-10-5-6-11-19;1-2-15-12(14)5-3-4-10-6-8-11(13)9-7-10;;;;;;;;/h5,8-9,11-14,17H,2-4,6-7,10,15-16,18H2,1H3;7-9,12H,5-6,10-11,13H2,1-4H3;6-9H,2-5H2,1H3;4*1H4;2*1H;;/q;;;;;;;;;+1;-1/i;;;;;;;;;;1+1. The van der Waals surface area contributed by atoms with Crippen LogP contribution in [0.4, 0.5) is 0 Å². The monoisotopic (exact) mass is 1130 g/mol. The van der Waals surface area contributed by atoms with E-state index in [0.29, 0.717) is 26.1 Å². The van der Waals surface area contributed by atoms with Gasteiger partial charge in [-0.05, 0) is 199 Å². The smallest absolute Gasteiger partial charge is 1.00 e. The van der Waals surface area contributed by atoms with Crippen molar-refractivity contribution in [2.45, 2.75) is 160 Å². The zero-order valence-corrected chi connectivity index (χ0v) is 47.0. The molecule has 13 heteroatoms. The van der Waals surface area contributed by atoms with Gasteiger partial charge in [-0.15, -0.1) is 24.8 Å². The Hall–Kier alpha value is -1.33. The first kappa shape index (κ1) is 71.9. The number of rotatable bonds is 16. The molecule has 69 heavy (non-hydrogen) atoms. The van der Waals surface area contributed by atoms with Crippen LogP contribution in [0.25, 0.3) is 11.1 Å². The largest absolute Gasteiger partial charge is 1.00 e. The summed E-state index contributed by atoms with van der Waals surface area (Å²) in [5, 5.41) is 0. The molecule has 3 aliphatic rings. The molecule has 0 bridgehead atoms. The predicted octanol–water partition coefficient (Wildman–Crippen LogP) is 11.1. The van der Waals surface area contributed by atoms with Gasteiger partial charge in [-0.3, -0.25) is 19.4 Å². The molecule has 0 radical (unpaired) electrons. The van der Waals surface area contributed by atoms with E-state index in [2.05, 4.69) is 157 Å². The van der Waals surface area contributed by atoms with Crippen LogP contribution in [-0.2, 0) is 54.3 Å². The summed E-state index contributed by atoms with van der Waals surface area (Å²) in [6.07, 6.45) is 9.88. The minimum Gasteiger partial charge on any atom is -1.00 e. The van der Waals surface area contributed by atoms with Gasteiger partial charge in [0.25, 0.3) is 0 Å². The Labute approximate surface area is 490 Å². The number of hydrogen-bond donors (Lipinski definition) is 0. The average molecular weight is 1140 g/mol. The zero-order valence-electron chi connectivity index (χ0n) is 41.1. The van der Waals surface area contributed by atoms with Crippen molar-refractivity contribution in [1.29, 1.82) is 0 Å². The molecule has 3 heterocycles.